The Balaban J connectivity index is 1.57. The van der Waals surface area contributed by atoms with Gasteiger partial charge in [0.1, 0.15) is 0 Å². The van der Waals surface area contributed by atoms with Crippen LogP contribution in [0.1, 0.15) is 63.1 Å². The Morgan fingerprint density at radius 2 is 1.95 bits per heavy atom. The molecule has 0 amide bonds. The molecule has 1 aliphatic carbocycles. The lowest BCUT2D eigenvalue weighted by atomic mass is 9.96. The number of aromatic nitrogens is 2. The van der Waals surface area contributed by atoms with Gasteiger partial charge in [-0.2, -0.15) is 5.10 Å². The van der Waals surface area contributed by atoms with Crippen molar-refractivity contribution in [1.82, 2.24) is 15.1 Å². The van der Waals surface area contributed by atoms with Crippen molar-refractivity contribution in [2.75, 3.05) is 13.1 Å². The van der Waals surface area contributed by atoms with Crippen molar-refractivity contribution < 1.29 is 0 Å². The third kappa shape index (κ3) is 3.59. The first kappa shape index (κ1) is 13.2. The summed E-state index contributed by atoms with van der Waals surface area (Å²) in [7, 11) is 0. The standard InChI is InChI=1S/C16H27N3/c1-2-7-16(8-3-1)19-11-9-15(18-19)12-14-6-4-5-10-17-13-14/h9,11,14,16-17H,1-8,10,12-13H2. The molecule has 0 radical (unpaired) electrons. The second kappa shape index (κ2) is 6.56. The van der Waals surface area contributed by atoms with E-state index in [0.717, 1.165) is 12.3 Å². The Morgan fingerprint density at radius 1 is 1.11 bits per heavy atom. The zero-order valence-electron chi connectivity index (χ0n) is 12.0. The largest absolute Gasteiger partial charge is 0.316 e. The maximum atomic E-state index is 4.85. The van der Waals surface area contributed by atoms with E-state index >= 15 is 0 Å². The fourth-order valence-corrected chi connectivity index (χ4v) is 3.60. The highest BCUT2D eigenvalue weighted by atomic mass is 15.3. The van der Waals surface area contributed by atoms with Crippen LogP contribution in [0.2, 0.25) is 0 Å². The van der Waals surface area contributed by atoms with E-state index in [1.807, 2.05) is 0 Å². The van der Waals surface area contributed by atoms with E-state index in [0.29, 0.717) is 6.04 Å². The maximum Gasteiger partial charge on any atom is 0.0627 e. The highest BCUT2D eigenvalue weighted by Gasteiger charge is 2.18. The molecule has 2 heterocycles. The maximum absolute atomic E-state index is 4.85. The Bertz CT molecular complexity index is 371. The third-order valence-corrected chi connectivity index (χ3v) is 4.76. The van der Waals surface area contributed by atoms with Crippen molar-refractivity contribution in [3.8, 4) is 0 Å². The molecular weight excluding hydrogens is 234 g/mol. The van der Waals surface area contributed by atoms with E-state index in [2.05, 4.69) is 22.3 Å². The Kier molecular flexibility index (Phi) is 4.54. The van der Waals surface area contributed by atoms with Crippen molar-refractivity contribution in [2.45, 2.75) is 63.8 Å². The molecule has 1 aromatic rings. The fourth-order valence-electron chi connectivity index (χ4n) is 3.60. The Labute approximate surface area is 116 Å². The zero-order valence-corrected chi connectivity index (χ0v) is 12.0. The van der Waals surface area contributed by atoms with Gasteiger partial charge < -0.3 is 5.32 Å². The summed E-state index contributed by atoms with van der Waals surface area (Å²) in [6, 6.07) is 2.93. The van der Waals surface area contributed by atoms with E-state index in [4.69, 9.17) is 5.10 Å². The minimum atomic E-state index is 0.676. The van der Waals surface area contributed by atoms with Gasteiger partial charge in [-0.15, -0.1) is 0 Å². The molecule has 19 heavy (non-hydrogen) atoms. The molecule has 1 saturated carbocycles. The second-order valence-corrected chi connectivity index (χ2v) is 6.35. The number of hydrogen-bond donors (Lipinski definition) is 1. The summed E-state index contributed by atoms with van der Waals surface area (Å²) in [4.78, 5) is 0. The first-order valence-electron chi connectivity index (χ1n) is 8.16. The molecule has 2 fully saturated rings. The first-order valence-corrected chi connectivity index (χ1v) is 8.16. The van der Waals surface area contributed by atoms with E-state index in [9.17, 15) is 0 Å². The highest BCUT2D eigenvalue weighted by Crippen LogP contribution is 2.27. The topological polar surface area (TPSA) is 29.9 Å². The number of rotatable bonds is 3. The fraction of sp³-hybridized carbons (Fsp3) is 0.812. The Hall–Kier alpha value is -0.830. The summed E-state index contributed by atoms with van der Waals surface area (Å²) < 4.78 is 2.25. The third-order valence-electron chi connectivity index (χ3n) is 4.76. The quantitative estimate of drug-likeness (QED) is 0.904. The van der Waals surface area contributed by atoms with Gasteiger partial charge in [0.25, 0.3) is 0 Å². The lowest BCUT2D eigenvalue weighted by Gasteiger charge is -2.22. The molecule has 1 aromatic heterocycles. The van der Waals surface area contributed by atoms with E-state index < -0.39 is 0 Å². The number of nitrogens with zero attached hydrogens (tertiary/aromatic N) is 2. The van der Waals surface area contributed by atoms with E-state index in [1.54, 1.807) is 0 Å². The minimum Gasteiger partial charge on any atom is -0.316 e. The summed E-state index contributed by atoms with van der Waals surface area (Å²) in [5, 5.41) is 8.40. The minimum absolute atomic E-state index is 0.676. The summed E-state index contributed by atoms with van der Waals surface area (Å²) in [6.07, 6.45) is 14.3. The predicted octanol–water partition coefficient (Wildman–Crippen LogP) is 3.32. The monoisotopic (exact) mass is 261 g/mol. The second-order valence-electron chi connectivity index (χ2n) is 6.35. The molecule has 3 heteroatoms. The predicted molar refractivity (Wildman–Crippen MR) is 78.3 cm³/mol. The highest BCUT2D eigenvalue weighted by molar-refractivity contribution is 5.02. The molecule has 1 atom stereocenters. The van der Waals surface area contributed by atoms with Crippen molar-refractivity contribution in [2.24, 2.45) is 5.92 Å². The molecule has 106 valence electrons. The lowest BCUT2D eigenvalue weighted by molar-refractivity contribution is 0.327. The van der Waals surface area contributed by atoms with Crippen LogP contribution in [-0.4, -0.2) is 22.9 Å². The molecule has 1 N–H and O–H groups in total. The van der Waals surface area contributed by atoms with Crippen molar-refractivity contribution in [3.05, 3.63) is 18.0 Å². The van der Waals surface area contributed by atoms with Crippen LogP contribution in [-0.2, 0) is 6.42 Å². The van der Waals surface area contributed by atoms with Gasteiger partial charge in [0.15, 0.2) is 0 Å². The van der Waals surface area contributed by atoms with Crippen molar-refractivity contribution in [1.29, 1.82) is 0 Å². The molecular formula is C16H27N3. The van der Waals surface area contributed by atoms with Gasteiger partial charge in [-0.05, 0) is 57.2 Å². The van der Waals surface area contributed by atoms with Crippen LogP contribution in [0.25, 0.3) is 0 Å². The van der Waals surface area contributed by atoms with Crippen LogP contribution in [0.3, 0.4) is 0 Å². The molecule has 3 rings (SSSR count). The summed E-state index contributed by atoms with van der Waals surface area (Å²) in [6.45, 7) is 2.38. The molecule has 1 unspecified atom stereocenters. The van der Waals surface area contributed by atoms with Crippen LogP contribution in [0.4, 0.5) is 0 Å². The van der Waals surface area contributed by atoms with Crippen molar-refractivity contribution in [3.63, 3.8) is 0 Å². The molecule has 0 aromatic carbocycles. The van der Waals surface area contributed by atoms with Crippen LogP contribution < -0.4 is 5.32 Å². The molecule has 1 aliphatic heterocycles. The van der Waals surface area contributed by atoms with Gasteiger partial charge >= 0.3 is 0 Å². The summed E-state index contributed by atoms with van der Waals surface area (Å²) in [5.41, 5.74) is 1.30. The van der Waals surface area contributed by atoms with E-state index in [1.165, 1.54) is 70.2 Å². The molecule has 1 saturated heterocycles. The molecule has 3 nitrogen and oxygen atoms in total. The van der Waals surface area contributed by atoms with Gasteiger partial charge in [-0.1, -0.05) is 25.7 Å². The van der Waals surface area contributed by atoms with Crippen LogP contribution in [0, 0.1) is 5.92 Å². The van der Waals surface area contributed by atoms with Gasteiger partial charge in [-0.3, -0.25) is 4.68 Å². The molecule has 0 bridgehead atoms. The number of nitrogens with one attached hydrogen (secondary N) is 1. The average Bonchev–Trinajstić information content (AvgIpc) is 2.76. The summed E-state index contributed by atoms with van der Waals surface area (Å²) >= 11 is 0. The van der Waals surface area contributed by atoms with Gasteiger partial charge in [0, 0.05) is 6.20 Å². The van der Waals surface area contributed by atoms with Crippen LogP contribution in [0.15, 0.2) is 12.3 Å². The molecule has 2 aliphatic rings. The van der Waals surface area contributed by atoms with Crippen LogP contribution >= 0.6 is 0 Å². The number of hydrogen-bond acceptors (Lipinski definition) is 2. The summed E-state index contributed by atoms with van der Waals surface area (Å²) in [5.74, 6) is 0.789. The van der Waals surface area contributed by atoms with Crippen LogP contribution in [0.5, 0.6) is 0 Å². The van der Waals surface area contributed by atoms with Gasteiger partial charge in [0.2, 0.25) is 0 Å². The zero-order chi connectivity index (χ0) is 12.9. The Morgan fingerprint density at radius 3 is 2.84 bits per heavy atom. The average molecular weight is 261 g/mol. The van der Waals surface area contributed by atoms with Gasteiger partial charge in [0.05, 0.1) is 11.7 Å². The first-order chi connectivity index (χ1) is 9.42. The lowest BCUT2D eigenvalue weighted by Crippen LogP contribution is -2.22. The SMILES string of the molecule is c1cn(C2CCCCC2)nc1CC1CCCCNC1. The van der Waals surface area contributed by atoms with Crippen molar-refractivity contribution >= 4 is 0 Å². The smallest absolute Gasteiger partial charge is 0.0627 e. The van der Waals surface area contributed by atoms with E-state index in [-0.39, 0.29) is 0 Å². The normalized spacial score (nSPS) is 26.2. The van der Waals surface area contributed by atoms with Gasteiger partial charge in [-0.25, -0.2) is 0 Å². The molecule has 0 spiro atoms.